The smallest absolute Gasteiger partial charge is 0.306 e. The molecule has 1 aromatic carbocycles. The van der Waals surface area contributed by atoms with Crippen LogP contribution in [0, 0.1) is 5.92 Å². The molecule has 1 aliphatic carbocycles. The van der Waals surface area contributed by atoms with Crippen molar-refractivity contribution >= 4 is 11.9 Å². The number of esters is 1. The molecular formula is C17H28N2O4. The highest BCUT2D eigenvalue weighted by Gasteiger charge is 2.24. The minimum Gasteiger partial charge on any atom is -0.870 e. The van der Waals surface area contributed by atoms with Crippen LogP contribution in [0.4, 0.5) is 0 Å². The van der Waals surface area contributed by atoms with Crippen LogP contribution in [0.2, 0.25) is 0 Å². The first-order chi connectivity index (χ1) is 10.1. The summed E-state index contributed by atoms with van der Waals surface area (Å²) in [5.41, 5.74) is 7.06. The van der Waals surface area contributed by atoms with Gasteiger partial charge in [-0.25, -0.2) is 0 Å². The van der Waals surface area contributed by atoms with Gasteiger partial charge in [0.1, 0.15) is 0 Å². The molecule has 0 unspecified atom stereocenters. The minimum absolute atomic E-state index is 0. The van der Waals surface area contributed by atoms with Crippen LogP contribution in [-0.2, 0) is 9.53 Å². The summed E-state index contributed by atoms with van der Waals surface area (Å²) in [5, 5.41) is 0. The second-order valence-corrected chi connectivity index (χ2v) is 5.71. The van der Waals surface area contributed by atoms with E-state index in [0.29, 0.717) is 30.4 Å². The predicted molar refractivity (Wildman–Crippen MR) is 88.8 cm³/mol. The van der Waals surface area contributed by atoms with Crippen LogP contribution in [0.15, 0.2) is 24.3 Å². The lowest BCUT2D eigenvalue weighted by molar-refractivity contribution is -0.144. The van der Waals surface area contributed by atoms with Gasteiger partial charge in [-0.2, -0.15) is 0 Å². The lowest BCUT2D eigenvalue weighted by Crippen LogP contribution is -2.18. The number of carbonyl (C=O) groups is 2. The third-order valence-electron chi connectivity index (χ3n) is 4.27. The summed E-state index contributed by atoms with van der Waals surface area (Å²) >= 11 is 0. The molecule has 0 atom stereocenters. The molecule has 1 saturated carbocycles. The summed E-state index contributed by atoms with van der Waals surface area (Å²) in [6, 6.07) is 7.58. The van der Waals surface area contributed by atoms with Crippen LogP contribution in [0.25, 0.3) is 0 Å². The van der Waals surface area contributed by atoms with Crippen LogP contribution in [0.1, 0.15) is 60.9 Å². The zero-order valence-electron chi connectivity index (χ0n) is 14.0. The molecule has 0 spiro atoms. The average molecular weight is 324 g/mol. The quantitative estimate of drug-likeness (QED) is 0.803. The number of rotatable bonds is 5. The number of amides is 1. The molecule has 6 heteroatoms. The average Bonchev–Trinajstić information content (AvgIpc) is 2.48. The Morgan fingerprint density at radius 3 is 2.17 bits per heavy atom. The van der Waals surface area contributed by atoms with Crippen molar-refractivity contribution in [2.24, 2.45) is 11.7 Å². The van der Waals surface area contributed by atoms with Crippen molar-refractivity contribution in [3.63, 3.8) is 0 Å². The van der Waals surface area contributed by atoms with Gasteiger partial charge in [0, 0.05) is 12.0 Å². The number of hydrogen-bond donors (Lipinski definition) is 2. The molecule has 0 saturated heterocycles. The van der Waals surface area contributed by atoms with Crippen molar-refractivity contribution in [3.8, 4) is 0 Å². The van der Waals surface area contributed by atoms with E-state index in [9.17, 15) is 9.59 Å². The molecule has 23 heavy (non-hydrogen) atoms. The van der Waals surface area contributed by atoms with E-state index in [1.165, 1.54) is 5.56 Å². The second-order valence-electron chi connectivity index (χ2n) is 5.71. The summed E-state index contributed by atoms with van der Waals surface area (Å²) in [6.07, 6.45) is 4.82. The fourth-order valence-electron chi connectivity index (χ4n) is 3.08. The Morgan fingerprint density at radius 1 is 1.13 bits per heavy atom. The van der Waals surface area contributed by atoms with E-state index in [4.69, 9.17) is 10.5 Å². The van der Waals surface area contributed by atoms with Gasteiger partial charge in [-0.1, -0.05) is 12.1 Å². The normalized spacial score (nSPS) is 19.9. The molecule has 1 aliphatic rings. The summed E-state index contributed by atoms with van der Waals surface area (Å²) in [7, 11) is 0. The molecule has 0 bridgehead atoms. The Labute approximate surface area is 137 Å². The van der Waals surface area contributed by atoms with Crippen molar-refractivity contribution in [2.75, 3.05) is 6.61 Å². The predicted octanol–water partition coefficient (Wildman–Crippen LogP) is 3.21. The van der Waals surface area contributed by atoms with E-state index in [2.05, 4.69) is 0 Å². The number of nitrogens with two attached hydrogens (primary N) is 1. The first-order valence-electron chi connectivity index (χ1n) is 7.65. The van der Waals surface area contributed by atoms with Crippen molar-refractivity contribution in [3.05, 3.63) is 35.4 Å². The van der Waals surface area contributed by atoms with E-state index >= 15 is 0 Å². The van der Waals surface area contributed by atoms with Gasteiger partial charge in [-0.15, -0.1) is 0 Å². The van der Waals surface area contributed by atoms with Crippen molar-refractivity contribution < 1.29 is 19.8 Å². The van der Waals surface area contributed by atoms with E-state index in [0.717, 1.165) is 25.7 Å². The number of ether oxygens (including phenoxy) is 1. The number of quaternary nitrogens is 1. The Kier molecular flexibility index (Phi) is 9.14. The van der Waals surface area contributed by atoms with Crippen LogP contribution in [0.5, 0.6) is 0 Å². The molecule has 0 aliphatic heterocycles. The number of hydrogen-bond acceptors (Lipinski definition) is 4. The van der Waals surface area contributed by atoms with Crippen molar-refractivity contribution in [2.45, 2.75) is 44.9 Å². The molecule has 0 radical (unpaired) electrons. The molecular weight excluding hydrogens is 296 g/mol. The maximum absolute atomic E-state index is 11.5. The van der Waals surface area contributed by atoms with Crippen LogP contribution >= 0.6 is 0 Å². The van der Waals surface area contributed by atoms with Gasteiger partial charge < -0.3 is 22.1 Å². The largest absolute Gasteiger partial charge is 0.870 e. The van der Waals surface area contributed by atoms with Gasteiger partial charge in [-0.3, -0.25) is 9.59 Å². The summed E-state index contributed by atoms with van der Waals surface area (Å²) in [6.45, 7) is 2.30. The van der Waals surface area contributed by atoms with Crippen molar-refractivity contribution in [1.29, 1.82) is 0 Å². The Hall–Kier alpha value is -1.92. The Balaban J connectivity index is 0.00000242. The van der Waals surface area contributed by atoms with Gasteiger partial charge in [0.2, 0.25) is 5.91 Å². The maximum atomic E-state index is 11.5. The monoisotopic (exact) mass is 324 g/mol. The van der Waals surface area contributed by atoms with E-state index in [1.807, 2.05) is 19.1 Å². The highest BCUT2D eigenvalue weighted by Crippen LogP contribution is 2.37. The van der Waals surface area contributed by atoms with Gasteiger partial charge in [0.25, 0.3) is 0 Å². The number of primary amides is 1. The fraction of sp³-hybridized carbons (Fsp3) is 0.529. The Morgan fingerprint density at radius 2 is 1.70 bits per heavy atom. The van der Waals surface area contributed by atoms with Crippen molar-refractivity contribution in [1.82, 2.24) is 6.15 Å². The summed E-state index contributed by atoms with van der Waals surface area (Å²) < 4.78 is 5.01. The van der Waals surface area contributed by atoms with Crippen LogP contribution in [-0.4, -0.2) is 24.0 Å². The SMILES string of the molecule is CCOC(=O)CC1CCC(c2ccc(C(N)=O)cc2)CC1.[NH4+].[OH-]. The lowest BCUT2D eigenvalue weighted by atomic mass is 9.77. The first kappa shape index (κ1) is 21.1. The topological polar surface area (TPSA) is 136 Å². The molecule has 0 aromatic heterocycles. The molecule has 7 N–H and O–H groups in total. The lowest BCUT2D eigenvalue weighted by Gasteiger charge is -2.28. The number of benzene rings is 1. The molecule has 0 heterocycles. The number of carbonyl (C=O) groups excluding carboxylic acids is 2. The standard InChI is InChI=1S/C17H23NO3.H3N.H2O/c1-2-21-16(19)11-12-3-5-13(6-4-12)14-7-9-15(10-8-14)17(18)20;;/h7-10,12-13H,2-6,11H2,1H3,(H2,18,20);1H3;1H2. The fourth-order valence-corrected chi connectivity index (χ4v) is 3.08. The molecule has 130 valence electrons. The summed E-state index contributed by atoms with van der Waals surface area (Å²) in [4.78, 5) is 22.6. The van der Waals surface area contributed by atoms with Gasteiger partial charge in [0.15, 0.2) is 0 Å². The molecule has 1 fully saturated rings. The summed E-state index contributed by atoms with van der Waals surface area (Å²) in [5.74, 6) is 0.502. The molecule has 1 amide bonds. The van der Waals surface area contributed by atoms with E-state index in [1.54, 1.807) is 12.1 Å². The van der Waals surface area contributed by atoms with E-state index < -0.39 is 0 Å². The molecule has 6 nitrogen and oxygen atoms in total. The second kappa shape index (κ2) is 9.97. The zero-order chi connectivity index (χ0) is 15.2. The van der Waals surface area contributed by atoms with Crippen LogP contribution < -0.4 is 11.9 Å². The zero-order valence-corrected chi connectivity index (χ0v) is 14.0. The van der Waals surface area contributed by atoms with Gasteiger partial charge >= 0.3 is 5.97 Å². The highest BCUT2D eigenvalue weighted by molar-refractivity contribution is 5.92. The van der Waals surface area contributed by atoms with E-state index in [-0.39, 0.29) is 23.5 Å². The molecule has 2 rings (SSSR count). The van der Waals surface area contributed by atoms with Crippen LogP contribution in [0.3, 0.4) is 0 Å². The molecule has 1 aromatic rings. The third kappa shape index (κ3) is 6.00. The van der Waals surface area contributed by atoms with Gasteiger partial charge in [0.05, 0.1) is 6.61 Å². The minimum atomic E-state index is -0.389. The highest BCUT2D eigenvalue weighted by atomic mass is 16.5. The van der Waals surface area contributed by atoms with Gasteiger partial charge in [-0.05, 0) is 62.1 Å². The Bertz CT molecular complexity index is 494. The maximum Gasteiger partial charge on any atom is 0.306 e. The first-order valence-corrected chi connectivity index (χ1v) is 7.65. The third-order valence-corrected chi connectivity index (χ3v) is 4.27.